The first kappa shape index (κ1) is 15.7. The molecule has 0 spiro atoms. The van der Waals surface area contributed by atoms with E-state index in [9.17, 15) is 18.0 Å². The van der Waals surface area contributed by atoms with Crippen LogP contribution in [0.25, 0.3) is 0 Å². The number of hydrogen-bond acceptors (Lipinski definition) is 4. The second-order valence-electron chi connectivity index (χ2n) is 4.63. The van der Waals surface area contributed by atoms with Crippen molar-refractivity contribution in [2.75, 3.05) is 4.72 Å². The highest BCUT2D eigenvalue weighted by molar-refractivity contribution is 7.92. The van der Waals surface area contributed by atoms with Crippen molar-refractivity contribution < 1.29 is 18.0 Å². The van der Waals surface area contributed by atoms with Crippen molar-refractivity contribution in [2.45, 2.75) is 11.8 Å². The number of carbonyl (C=O) groups excluding carboxylic acids is 2. The molecule has 7 heteroatoms. The number of Topliss-reactive ketones (excluding diaryl/α,β-unsaturated/α-hetero) is 1. The van der Waals surface area contributed by atoms with Crippen molar-refractivity contribution in [2.24, 2.45) is 5.73 Å². The first-order valence-corrected chi connectivity index (χ1v) is 7.81. The zero-order chi connectivity index (χ0) is 16.3. The molecule has 0 aliphatic carbocycles. The third-order valence-corrected chi connectivity index (χ3v) is 4.37. The maximum absolute atomic E-state index is 12.3. The van der Waals surface area contributed by atoms with Gasteiger partial charge in [-0.05, 0) is 43.3 Å². The van der Waals surface area contributed by atoms with Crippen LogP contribution in [-0.4, -0.2) is 20.1 Å². The third-order valence-electron chi connectivity index (χ3n) is 2.97. The van der Waals surface area contributed by atoms with Gasteiger partial charge in [-0.15, -0.1) is 0 Å². The summed E-state index contributed by atoms with van der Waals surface area (Å²) in [6.45, 7) is 1.40. The van der Waals surface area contributed by atoms with Crippen molar-refractivity contribution in [1.29, 1.82) is 0 Å². The average molecular weight is 318 g/mol. The van der Waals surface area contributed by atoms with Crippen LogP contribution in [0.15, 0.2) is 53.4 Å². The van der Waals surface area contributed by atoms with E-state index in [0.717, 1.165) is 0 Å². The fraction of sp³-hybridized carbons (Fsp3) is 0.0667. The number of benzene rings is 2. The quantitative estimate of drug-likeness (QED) is 0.820. The summed E-state index contributed by atoms with van der Waals surface area (Å²) in [7, 11) is -3.81. The average Bonchev–Trinajstić information content (AvgIpc) is 2.47. The minimum atomic E-state index is -3.81. The number of rotatable bonds is 5. The molecule has 22 heavy (non-hydrogen) atoms. The van der Waals surface area contributed by atoms with Gasteiger partial charge in [-0.1, -0.05) is 12.1 Å². The highest BCUT2D eigenvalue weighted by Gasteiger charge is 2.15. The highest BCUT2D eigenvalue weighted by atomic mass is 32.2. The number of sulfonamides is 1. The first-order valence-electron chi connectivity index (χ1n) is 6.33. The lowest BCUT2D eigenvalue weighted by molar-refractivity contribution is 0.0996. The van der Waals surface area contributed by atoms with Crippen molar-refractivity contribution in [3.8, 4) is 0 Å². The van der Waals surface area contributed by atoms with E-state index in [1.807, 2.05) is 0 Å². The van der Waals surface area contributed by atoms with E-state index < -0.39 is 15.9 Å². The molecule has 0 aliphatic rings. The largest absolute Gasteiger partial charge is 0.366 e. The molecule has 0 aliphatic heterocycles. The summed E-state index contributed by atoms with van der Waals surface area (Å²) >= 11 is 0. The number of nitrogens with two attached hydrogens (primary N) is 1. The SMILES string of the molecule is CC(=O)c1cccc(NS(=O)(=O)c2ccc(C(N)=O)cc2)c1. The molecule has 2 aromatic rings. The van der Waals surface area contributed by atoms with Gasteiger partial charge in [0.15, 0.2) is 5.78 Å². The van der Waals surface area contributed by atoms with Gasteiger partial charge in [0, 0.05) is 16.8 Å². The second-order valence-corrected chi connectivity index (χ2v) is 6.31. The molecule has 0 atom stereocenters. The Bertz CT molecular complexity index is 827. The summed E-state index contributed by atoms with van der Waals surface area (Å²) < 4.78 is 26.9. The van der Waals surface area contributed by atoms with Crippen LogP contribution in [0.5, 0.6) is 0 Å². The molecule has 0 aromatic heterocycles. The van der Waals surface area contributed by atoms with E-state index >= 15 is 0 Å². The maximum atomic E-state index is 12.3. The van der Waals surface area contributed by atoms with Gasteiger partial charge < -0.3 is 5.73 Å². The van der Waals surface area contributed by atoms with E-state index in [2.05, 4.69) is 4.72 Å². The summed E-state index contributed by atoms with van der Waals surface area (Å²) in [5.41, 5.74) is 6.02. The van der Waals surface area contributed by atoms with Crippen LogP contribution in [0, 0.1) is 0 Å². The summed E-state index contributed by atoms with van der Waals surface area (Å²) in [5.74, 6) is -0.794. The van der Waals surface area contributed by atoms with Gasteiger partial charge in [-0.2, -0.15) is 0 Å². The van der Waals surface area contributed by atoms with Crippen LogP contribution in [-0.2, 0) is 10.0 Å². The Labute approximate surface area is 128 Å². The highest BCUT2D eigenvalue weighted by Crippen LogP contribution is 2.18. The van der Waals surface area contributed by atoms with Crippen LogP contribution in [0.3, 0.4) is 0 Å². The zero-order valence-electron chi connectivity index (χ0n) is 11.7. The van der Waals surface area contributed by atoms with Crippen LogP contribution in [0.2, 0.25) is 0 Å². The lowest BCUT2D eigenvalue weighted by Gasteiger charge is -2.09. The Morgan fingerprint density at radius 2 is 1.64 bits per heavy atom. The molecule has 0 saturated heterocycles. The lowest BCUT2D eigenvalue weighted by Crippen LogP contribution is -2.14. The molecule has 0 saturated carbocycles. The molecule has 0 heterocycles. The Kier molecular flexibility index (Phi) is 4.27. The number of hydrogen-bond donors (Lipinski definition) is 2. The molecule has 1 amide bonds. The fourth-order valence-electron chi connectivity index (χ4n) is 1.81. The minimum absolute atomic E-state index is 0.00859. The molecule has 0 unspecified atom stereocenters. The topological polar surface area (TPSA) is 106 Å². The van der Waals surface area contributed by atoms with Crippen LogP contribution in [0.1, 0.15) is 27.6 Å². The zero-order valence-corrected chi connectivity index (χ0v) is 12.6. The maximum Gasteiger partial charge on any atom is 0.261 e. The Hall–Kier alpha value is -2.67. The van der Waals surface area contributed by atoms with Gasteiger partial charge >= 0.3 is 0 Å². The van der Waals surface area contributed by atoms with E-state index in [1.54, 1.807) is 18.2 Å². The normalized spacial score (nSPS) is 11.0. The number of primary amides is 1. The molecular formula is C15H14N2O4S. The van der Waals surface area contributed by atoms with Crippen molar-refractivity contribution in [1.82, 2.24) is 0 Å². The standard InChI is InChI=1S/C15H14N2O4S/c1-10(18)12-3-2-4-13(9-12)17-22(20,21)14-7-5-11(6-8-14)15(16)19/h2-9,17H,1H3,(H2,16,19). The Balaban J connectivity index is 2.29. The number of anilines is 1. The van der Waals surface area contributed by atoms with Gasteiger partial charge in [0.1, 0.15) is 0 Å². The summed E-state index contributed by atoms with van der Waals surface area (Å²) in [6, 6.07) is 11.4. The van der Waals surface area contributed by atoms with Crippen LogP contribution in [0.4, 0.5) is 5.69 Å². The smallest absolute Gasteiger partial charge is 0.261 e. The van der Waals surface area contributed by atoms with E-state index in [1.165, 1.54) is 37.3 Å². The van der Waals surface area contributed by atoms with Gasteiger partial charge in [0.25, 0.3) is 10.0 Å². The van der Waals surface area contributed by atoms with E-state index in [0.29, 0.717) is 5.56 Å². The van der Waals surface area contributed by atoms with Crippen LogP contribution >= 0.6 is 0 Å². The Morgan fingerprint density at radius 1 is 1.00 bits per heavy atom. The van der Waals surface area contributed by atoms with Gasteiger partial charge in [-0.25, -0.2) is 8.42 Å². The van der Waals surface area contributed by atoms with E-state index in [4.69, 9.17) is 5.73 Å². The summed E-state index contributed by atoms with van der Waals surface area (Å²) in [4.78, 5) is 22.3. The van der Waals surface area contributed by atoms with Gasteiger partial charge in [-0.3, -0.25) is 14.3 Å². The molecular weight excluding hydrogens is 304 g/mol. The minimum Gasteiger partial charge on any atom is -0.366 e. The predicted octanol–water partition coefficient (Wildman–Crippen LogP) is 1.79. The summed E-state index contributed by atoms with van der Waals surface area (Å²) in [5, 5.41) is 0. The first-order chi connectivity index (χ1) is 10.3. The van der Waals surface area contributed by atoms with Gasteiger partial charge in [0.2, 0.25) is 5.91 Å². The van der Waals surface area contributed by atoms with Crippen molar-refractivity contribution >= 4 is 27.4 Å². The molecule has 0 radical (unpaired) electrons. The molecule has 0 bridgehead atoms. The lowest BCUT2D eigenvalue weighted by atomic mass is 10.1. The fourth-order valence-corrected chi connectivity index (χ4v) is 2.86. The molecule has 2 aromatic carbocycles. The van der Waals surface area contributed by atoms with Crippen LogP contribution < -0.4 is 10.5 Å². The number of amides is 1. The van der Waals surface area contributed by atoms with Crippen molar-refractivity contribution in [3.63, 3.8) is 0 Å². The monoisotopic (exact) mass is 318 g/mol. The van der Waals surface area contributed by atoms with Gasteiger partial charge in [0.05, 0.1) is 4.90 Å². The molecule has 3 N–H and O–H groups in total. The number of carbonyl (C=O) groups is 2. The summed E-state index contributed by atoms with van der Waals surface area (Å²) in [6.07, 6.45) is 0. The second kappa shape index (κ2) is 5.98. The molecule has 6 nitrogen and oxygen atoms in total. The predicted molar refractivity (Wildman–Crippen MR) is 82.2 cm³/mol. The number of ketones is 1. The molecule has 114 valence electrons. The number of nitrogens with one attached hydrogen (secondary N) is 1. The van der Waals surface area contributed by atoms with Crippen molar-refractivity contribution in [3.05, 3.63) is 59.7 Å². The Morgan fingerprint density at radius 3 is 2.18 bits per heavy atom. The molecule has 2 rings (SSSR count). The van der Waals surface area contributed by atoms with E-state index in [-0.39, 0.29) is 21.9 Å². The third kappa shape index (κ3) is 3.50. The molecule has 0 fully saturated rings.